The number of amides is 1. The molecular weight excluding hydrogens is 264 g/mol. The molecule has 1 rings (SSSR count). The summed E-state index contributed by atoms with van der Waals surface area (Å²) in [7, 11) is 1.48. The summed E-state index contributed by atoms with van der Waals surface area (Å²) in [5, 5.41) is 11.2. The Hall–Kier alpha value is -1.56. The van der Waals surface area contributed by atoms with Gasteiger partial charge in [-0.3, -0.25) is 4.79 Å². The Balaban J connectivity index is 3.33. The number of carbonyl (C=O) groups is 2. The van der Waals surface area contributed by atoms with Gasteiger partial charge in [0.1, 0.15) is 0 Å². The number of carboxylic acid groups (broad SMARTS) is 1. The number of rotatable bonds is 2. The second-order valence-corrected chi connectivity index (χ2v) is 3.57. The third-order valence-electron chi connectivity index (χ3n) is 1.88. The van der Waals surface area contributed by atoms with Gasteiger partial charge in [-0.2, -0.15) is 0 Å². The average molecular weight is 273 g/mol. The van der Waals surface area contributed by atoms with Crippen LogP contribution in [0, 0.1) is 0 Å². The van der Waals surface area contributed by atoms with Gasteiger partial charge in [0.15, 0.2) is 0 Å². The number of aromatic carboxylic acids is 1. The first-order valence-electron chi connectivity index (χ1n) is 4.02. The molecule has 1 aromatic carbocycles. The zero-order valence-electron chi connectivity index (χ0n) is 7.87. The predicted molar refractivity (Wildman–Crippen MR) is 58.9 cm³/mol. The summed E-state index contributed by atoms with van der Waals surface area (Å²) in [6, 6.07) is 2.70. The number of anilines is 1. The van der Waals surface area contributed by atoms with E-state index in [2.05, 4.69) is 21.2 Å². The molecule has 0 saturated carbocycles. The van der Waals surface area contributed by atoms with Crippen LogP contribution in [0.15, 0.2) is 16.6 Å². The Kier molecular flexibility index (Phi) is 3.31. The molecule has 4 N–H and O–H groups in total. The Morgan fingerprint density at radius 2 is 1.93 bits per heavy atom. The van der Waals surface area contributed by atoms with Crippen LogP contribution in [0.1, 0.15) is 20.7 Å². The molecule has 0 saturated heterocycles. The summed E-state index contributed by atoms with van der Waals surface area (Å²) in [6.07, 6.45) is 0. The van der Waals surface area contributed by atoms with Crippen LogP contribution in [0.4, 0.5) is 5.69 Å². The lowest BCUT2D eigenvalue weighted by Crippen LogP contribution is -2.19. The molecule has 6 heteroatoms. The Labute approximate surface area is 94.4 Å². The fraction of sp³-hybridized carbons (Fsp3) is 0.111. The smallest absolute Gasteiger partial charge is 0.337 e. The number of nitrogens with two attached hydrogens (primary N) is 1. The van der Waals surface area contributed by atoms with Crippen molar-refractivity contribution in [3.63, 3.8) is 0 Å². The fourth-order valence-electron chi connectivity index (χ4n) is 1.09. The van der Waals surface area contributed by atoms with E-state index < -0.39 is 5.97 Å². The zero-order chi connectivity index (χ0) is 11.6. The molecule has 0 aromatic heterocycles. The highest BCUT2D eigenvalue weighted by atomic mass is 79.9. The first-order valence-corrected chi connectivity index (χ1v) is 4.81. The van der Waals surface area contributed by atoms with Crippen molar-refractivity contribution in [2.24, 2.45) is 0 Å². The normalized spacial score (nSPS) is 9.73. The highest BCUT2D eigenvalue weighted by molar-refractivity contribution is 9.10. The first kappa shape index (κ1) is 11.5. The molecule has 0 bridgehead atoms. The van der Waals surface area contributed by atoms with Crippen molar-refractivity contribution < 1.29 is 14.7 Å². The lowest BCUT2D eigenvalue weighted by molar-refractivity contribution is 0.0697. The van der Waals surface area contributed by atoms with Crippen LogP contribution in [0.5, 0.6) is 0 Å². The number of nitrogens with one attached hydrogen (secondary N) is 1. The number of hydrogen-bond acceptors (Lipinski definition) is 3. The van der Waals surface area contributed by atoms with Gasteiger partial charge in [-0.15, -0.1) is 0 Å². The molecule has 0 fully saturated rings. The molecule has 0 radical (unpaired) electrons. The fourth-order valence-corrected chi connectivity index (χ4v) is 1.62. The van der Waals surface area contributed by atoms with Crippen molar-refractivity contribution in [2.45, 2.75) is 0 Å². The molecular formula is C9H9BrN2O3. The predicted octanol–water partition coefficient (Wildman–Crippen LogP) is 1.09. The second kappa shape index (κ2) is 4.31. The number of carboxylic acids is 1. The van der Waals surface area contributed by atoms with Crippen molar-refractivity contribution in [3.05, 3.63) is 27.7 Å². The minimum absolute atomic E-state index is 0.0328. The van der Waals surface area contributed by atoms with Gasteiger partial charge in [-0.05, 0) is 28.1 Å². The minimum atomic E-state index is -1.13. The molecule has 0 unspecified atom stereocenters. The number of halogens is 1. The molecule has 5 nitrogen and oxygen atoms in total. The average Bonchev–Trinajstić information content (AvgIpc) is 2.20. The van der Waals surface area contributed by atoms with Gasteiger partial charge >= 0.3 is 5.97 Å². The Morgan fingerprint density at radius 3 is 2.40 bits per heavy atom. The maximum absolute atomic E-state index is 11.3. The van der Waals surface area contributed by atoms with Gasteiger partial charge in [0.2, 0.25) is 0 Å². The molecule has 1 aromatic rings. The molecule has 1 amide bonds. The minimum Gasteiger partial charge on any atom is -0.478 e. The van der Waals surface area contributed by atoms with Crippen molar-refractivity contribution in [1.29, 1.82) is 0 Å². The Morgan fingerprint density at radius 1 is 1.40 bits per heavy atom. The van der Waals surface area contributed by atoms with E-state index in [9.17, 15) is 9.59 Å². The lowest BCUT2D eigenvalue weighted by atomic mass is 10.1. The molecule has 0 aliphatic rings. The monoisotopic (exact) mass is 272 g/mol. The largest absolute Gasteiger partial charge is 0.478 e. The summed E-state index contributed by atoms with van der Waals surface area (Å²) in [5.41, 5.74) is 5.89. The van der Waals surface area contributed by atoms with E-state index in [0.717, 1.165) is 0 Å². The van der Waals surface area contributed by atoms with Crippen molar-refractivity contribution >= 4 is 33.5 Å². The summed E-state index contributed by atoms with van der Waals surface area (Å²) >= 11 is 3.09. The first-order chi connectivity index (χ1) is 6.99. The van der Waals surface area contributed by atoms with Gasteiger partial charge in [0.05, 0.1) is 21.3 Å². The molecule has 15 heavy (non-hydrogen) atoms. The summed E-state index contributed by atoms with van der Waals surface area (Å²) in [5.74, 6) is -1.46. The molecule has 0 heterocycles. The van der Waals surface area contributed by atoms with E-state index >= 15 is 0 Å². The highest BCUT2D eigenvalue weighted by Crippen LogP contribution is 2.27. The van der Waals surface area contributed by atoms with E-state index in [0.29, 0.717) is 10.0 Å². The molecule has 0 aliphatic heterocycles. The van der Waals surface area contributed by atoms with Crippen LogP contribution >= 0.6 is 15.9 Å². The summed E-state index contributed by atoms with van der Waals surface area (Å²) in [4.78, 5) is 22.0. The highest BCUT2D eigenvalue weighted by Gasteiger charge is 2.16. The standard InChI is InChI=1S/C9H9BrN2O3/c1-12-8(13)4-2-3-5(9(14)15)7(11)6(4)10/h2-3H,11H2,1H3,(H,12,13)(H,14,15). The Bertz CT molecular complexity index is 432. The number of benzene rings is 1. The molecule has 80 valence electrons. The van der Waals surface area contributed by atoms with Crippen LogP contribution in [-0.2, 0) is 0 Å². The maximum Gasteiger partial charge on any atom is 0.337 e. The van der Waals surface area contributed by atoms with Crippen LogP contribution in [0.25, 0.3) is 0 Å². The lowest BCUT2D eigenvalue weighted by Gasteiger charge is -2.08. The van der Waals surface area contributed by atoms with E-state index in [-0.39, 0.29) is 17.2 Å². The van der Waals surface area contributed by atoms with E-state index in [1.807, 2.05) is 0 Å². The van der Waals surface area contributed by atoms with Crippen LogP contribution < -0.4 is 11.1 Å². The topological polar surface area (TPSA) is 92.4 Å². The van der Waals surface area contributed by atoms with Crippen molar-refractivity contribution in [2.75, 3.05) is 12.8 Å². The number of carbonyl (C=O) groups excluding carboxylic acids is 1. The number of hydrogen-bond donors (Lipinski definition) is 3. The van der Waals surface area contributed by atoms with Gasteiger partial charge in [-0.25, -0.2) is 4.79 Å². The SMILES string of the molecule is CNC(=O)c1ccc(C(=O)O)c(N)c1Br. The third-order valence-corrected chi connectivity index (χ3v) is 2.74. The molecule has 0 atom stereocenters. The molecule has 0 aliphatic carbocycles. The zero-order valence-corrected chi connectivity index (χ0v) is 9.46. The van der Waals surface area contributed by atoms with Crippen molar-refractivity contribution in [3.8, 4) is 0 Å². The van der Waals surface area contributed by atoms with Gasteiger partial charge in [0.25, 0.3) is 5.91 Å². The summed E-state index contributed by atoms with van der Waals surface area (Å²) in [6.45, 7) is 0. The quantitative estimate of drug-likeness (QED) is 0.703. The van der Waals surface area contributed by atoms with E-state index in [1.165, 1.54) is 19.2 Å². The maximum atomic E-state index is 11.3. The van der Waals surface area contributed by atoms with Gasteiger partial charge < -0.3 is 16.2 Å². The second-order valence-electron chi connectivity index (χ2n) is 2.77. The van der Waals surface area contributed by atoms with E-state index in [4.69, 9.17) is 10.8 Å². The van der Waals surface area contributed by atoms with Crippen LogP contribution in [-0.4, -0.2) is 24.0 Å². The summed E-state index contributed by atoms with van der Waals surface area (Å²) < 4.78 is 0.293. The van der Waals surface area contributed by atoms with E-state index in [1.54, 1.807) is 0 Å². The van der Waals surface area contributed by atoms with Gasteiger partial charge in [0, 0.05) is 7.05 Å². The van der Waals surface area contributed by atoms with Crippen molar-refractivity contribution in [1.82, 2.24) is 5.32 Å². The van der Waals surface area contributed by atoms with Gasteiger partial charge in [-0.1, -0.05) is 0 Å². The third kappa shape index (κ3) is 2.10. The molecule has 0 spiro atoms. The van der Waals surface area contributed by atoms with Crippen LogP contribution in [0.3, 0.4) is 0 Å². The number of nitrogen functional groups attached to an aromatic ring is 1. The van der Waals surface area contributed by atoms with Crippen LogP contribution in [0.2, 0.25) is 0 Å².